The highest BCUT2D eigenvalue weighted by molar-refractivity contribution is 6.30. The SMILES string of the molecule is Cl.FC[C@H](c1ccc(Cl)c(F)c1)N1CCNCC1. The zero-order valence-corrected chi connectivity index (χ0v) is 11.4. The predicted molar refractivity (Wildman–Crippen MR) is 71.8 cm³/mol. The Kier molecular flexibility index (Phi) is 6.29. The predicted octanol–water partition coefficient (Wildman–Crippen LogP) is 2.82. The summed E-state index contributed by atoms with van der Waals surface area (Å²) in [5.41, 5.74) is 0.649. The molecule has 0 saturated carbocycles. The van der Waals surface area contributed by atoms with Crippen LogP contribution in [0.5, 0.6) is 0 Å². The first-order chi connectivity index (χ1) is 8.22. The molecule has 2 rings (SSSR count). The fourth-order valence-corrected chi connectivity index (χ4v) is 2.23. The van der Waals surface area contributed by atoms with Crippen LogP contribution < -0.4 is 5.32 Å². The highest BCUT2D eigenvalue weighted by Gasteiger charge is 2.22. The van der Waals surface area contributed by atoms with Gasteiger partial charge in [0.05, 0.1) is 11.1 Å². The highest BCUT2D eigenvalue weighted by atomic mass is 35.5. The van der Waals surface area contributed by atoms with Gasteiger partial charge in [-0.25, -0.2) is 8.78 Å². The number of rotatable bonds is 3. The summed E-state index contributed by atoms with van der Waals surface area (Å²) >= 11 is 5.62. The van der Waals surface area contributed by atoms with Gasteiger partial charge in [-0.15, -0.1) is 12.4 Å². The highest BCUT2D eigenvalue weighted by Crippen LogP contribution is 2.25. The average molecular weight is 297 g/mol. The largest absolute Gasteiger partial charge is 0.314 e. The summed E-state index contributed by atoms with van der Waals surface area (Å²) in [6.07, 6.45) is 0. The van der Waals surface area contributed by atoms with Gasteiger partial charge >= 0.3 is 0 Å². The quantitative estimate of drug-likeness (QED) is 0.923. The zero-order valence-electron chi connectivity index (χ0n) is 9.83. The topological polar surface area (TPSA) is 15.3 Å². The molecule has 1 aromatic rings. The Morgan fingerprint density at radius 3 is 2.56 bits per heavy atom. The minimum absolute atomic E-state index is 0. The number of nitrogens with one attached hydrogen (secondary N) is 1. The van der Waals surface area contributed by atoms with Gasteiger partial charge in [0.15, 0.2) is 0 Å². The van der Waals surface area contributed by atoms with Gasteiger partial charge in [0.25, 0.3) is 0 Å². The van der Waals surface area contributed by atoms with E-state index in [9.17, 15) is 8.78 Å². The summed E-state index contributed by atoms with van der Waals surface area (Å²) in [6, 6.07) is 4.13. The molecule has 2 nitrogen and oxygen atoms in total. The summed E-state index contributed by atoms with van der Waals surface area (Å²) < 4.78 is 26.5. The molecule has 1 N–H and O–H groups in total. The molecule has 1 heterocycles. The lowest BCUT2D eigenvalue weighted by Gasteiger charge is -2.33. The van der Waals surface area contributed by atoms with E-state index in [-0.39, 0.29) is 23.5 Å². The number of hydrogen-bond acceptors (Lipinski definition) is 2. The molecular formula is C12H16Cl2F2N2. The third-order valence-electron chi connectivity index (χ3n) is 3.07. The maximum Gasteiger partial charge on any atom is 0.142 e. The van der Waals surface area contributed by atoms with Gasteiger partial charge in [-0.1, -0.05) is 17.7 Å². The molecular weight excluding hydrogens is 281 g/mol. The van der Waals surface area contributed by atoms with Crippen molar-refractivity contribution < 1.29 is 8.78 Å². The van der Waals surface area contributed by atoms with Crippen LogP contribution in [0.2, 0.25) is 5.02 Å². The first-order valence-electron chi connectivity index (χ1n) is 5.68. The maximum absolute atomic E-state index is 13.4. The normalized spacial score (nSPS) is 18.2. The van der Waals surface area contributed by atoms with Gasteiger partial charge in [-0.05, 0) is 17.7 Å². The molecule has 6 heteroatoms. The molecule has 102 valence electrons. The minimum atomic E-state index is -0.513. The van der Waals surface area contributed by atoms with Crippen molar-refractivity contribution >= 4 is 24.0 Å². The molecule has 0 unspecified atom stereocenters. The molecule has 0 aromatic heterocycles. The Morgan fingerprint density at radius 2 is 2.00 bits per heavy atom. The van der Waals surface area contributed by atoms with Crippen molar-refractivity contribution in [3.05, 3.63) is 34.6 Å². The molecule has 1 aliphatic rings. The van der Waals surface area contributed by atoms with Crippen LogP contribution in [0.4, 0.5) is 8.78 Å². The van der Waals surface area contributed by atoms with Gasteiger partial charge < -0.3 is 5.32 Å². The molecule has 0 spiro atoms. The van der Waals surface area contributed by atoms with Gasteiger partial charge in [0.2, 0.25) is 0 Å². The molecule has 1 saturated heterocycles. The van der Waals surface area contributed by atoms with E-state index in [1.54, 1.807) is 6.07 Å². The van der Waals surface area contributed by atoms with Crippen LogP contribution in [0, 0.1) is 5.82 Å². The first-order valence-corrected chi connectivity index (χ1v) is 6.06. The third kappa shape index (κ3) is 3.54. The van der Waals surface area contributed by atoms with E-state index < -0.39 is 12.5 Å². The van der Waals surface area contributed by atoms with Crippen LogP contribution in [-0.2, 0) is 0 Å². The van der Waals surface area contributed by atoms with E-state index in [1.807, 2.05) is 4.90 Å². The number of halogens is 4. The van der Waals surface area contributed by atoms with Gasteiger partial charge in [-0.3, -0.25) is 4.90 Å². The minimum Gasteiger partial charge on any atom is -0.314 e. The lowest BCUT2D eigenvalue weighted by atomic mass is 10.1. The van der Waals surface area contributed by atoms with Gasteiger partial charge in [-0.2, -0.15) is 0 Å². The van der Waals surface area contributed by atoms with Crippen molar-refractivity contribution in [1.29, 1.82) is 0 Å². The van der Waals surface area contributed by atoms with Crippen molar-refractivity contribution in [1.82, 2.24) is 10.2 Å². The van der Waals surface area contributed by atoms with Crippen LogP contribution in [0.3, 0.4) is 0 Å². The lowest BCUT2D eigenvalue weighted by Crippen LogP contribution is -2.45. The van der Waals surface area contributed by atoms with E-state index in [2.05, 4.69) is 5.32 Å². The van der Waals surface area contributed by atoms with Gasteiger partial charge in [0, 0.05) is 26.2 Å². The average Bonchev–Trinajstić information content (AvgIpc) is 2.36. The summed E-state index contributed by atoms with van der Waals surface area (Å²) in [4.78, 5) is 2.03. The zero-order chi connectivity index (χ0) is 12.3. The first kappa shape index (κ1) is 15.6. The van der Waals surface area contributed by atoms with Crippen molar-refractivity contribution in [2.24, 2.45) is 0 Å². The van der Waals surface area contributed by atoms with E-state index >= 15 is 0 Å². The second-order valence-electron chi connectivity index (χ2n) is 4.13. The van der Waals surface area contributed by atoms with E-state index in [1.165, 1.54) is 12.1 Å². The summed E-state index contributed by atoms with van der Waals surface area (Å²) in [5.74, 6) is -0.488. The number of nitrogens with zero attached hydrogens (tertiary/aromatic N) is 1. The van der Waals surface area contributed by atoms with E-state index in [0.29, 0.717) is 5.56 Å². The van der Waals surface area contributed by atoms with Crippen LogP contribution in [0.25, 0.3) is 0 Å². The fourth-order valence-electron chi connectivity index (χ4n) is 2.11. The molecule has 18 heavy (non-hydrogen) atoms. The second kappa shape index (κ2) is 7.24. The van der Waals surface area contributed by atoms with Gasteiger partial charge in [0.1, 0.15) is 12.5 Å². The molecule has 0 radical (unpaired) electrons. The molecule has 1 aliphatic heterocycles. The Balaban J connectivity index is 0.00000162. The van der Waals surface area contributed by atoms with Crippen LogP contribution in [-0.4, -0.2) is 37.8 Å². The number of benzene rings is 1. The van der Waals surface area contributed by atoms with Crippen molar-refractivity contribution in [2.75, 3.05) is 32.9 Å². The van der Waals surface area contributed by atoms with Crippen LogP contribution in [0.1, 0.15) is 11.6 Å². The van der Waals surface area contributed by atoms with Crippen molar-refractivity contribution in [3.8, 4) is 0 Å². The molecule has 0 bridgehead atoms. The second-order valence-corrected chi connectivity index (χ2v) is 4.54. The summed E-state index contributed by atoms with van der Waals surface area (Å²) in [7, 11) is 0. The van der Waals surface area contributed by atoms with E-state index in [4.69, 9.17) is 11.6 Å². The Hall–Kier alpha value is -0.420. The third-order valence-corrected chi connectivity index (χ3v) is 3.37. The number of piperazine rings is 1. The molecule has 1 aromatic carbocycles. The monoisotopic (exact) mass is 296 g/mol. The molecule has 1 atom stereocenters. The van der Waals surface area contributed by atoms with Crippen LogP contribution >= 0.6 is 24.0 Å². The molecule has 0 amide bonds. The van der Waals surface area contributed by atoms with Crippen molar-refractivity contribution in [2.45, 2.75) is 6.04 Å². The fraction of sp³-hybridized carbons (Fsp3) is 0.500. The molecule has 1 fully saturated rings. The molecule has 0 aliphatic carbocycles. The van der Waals surface area contributed by atoms with E-state index in [0.717, 1.165) is 26.2 Å². The smallest absolute Gasteiger partial charge is 0.142 e. The number of hydrogen-bond donors (Lipinski definition) is 1. The Morgan fingerprint density at radius 1 is 1.33 bits per heavy atom. The summed E-state index contributed by atoms with van der Waals surface area (Å²) in [6.45, 7) is 2.72. The Bertz CT molecular complexity index is 384. The van der Waals surface area contributed by atoms with Crippen LogP contribution in [0.15, 0.2) is 18.2 Å². The standard InChI is InChI=1S/C12H15ClF2N2.ClH/c13-10-2-1-9(7-11(10)15)12(8-14)17-5-3-16-4-6-17;/h1-2,7,12,16H,3-6,8H2;1H/t12-;/m1./s1. The Labute approximate surface area is 117 Å². The summed E-state index contributed by atoms with van der Waals surface area (Å²) in [5, 5.41) is 3.28. The maximum atomic E-state index is 13.4. The number of alkyl halides is 1. The van der Waals surface area contributed by atoms with Crippen molar-refractivity contribution in [3.63, 3.8) is 0 Å². The lowest BCUT2D eigenvalue weighted by molar-refractivity contribution is 0.147.